The van der Waals surface area contributed by atoms with Crippen LogP contribution >= 0.6 is 11.6 Å². The Morgan fingerprint density at radius 1 is 1.13 bits per heavy atom. The smallest absolute Gasteiger partial charge is 0.251 e. The first kappa shape index (κ1) is 22.1. The van der Waals surface area contributed by atoms with E-state index < -0.39 is 6.10 Å². The van der Waals surface area contributed by atoms with Gasteiger partial charge in [0, 0.05) is 12.1 Å². The van der Waals surface area contributed by atoms with Crippen LogP contribution in [0, 0.1) is 13.8 Å². The molecule has 2 N–H and O–H groups in total. The molecule has 0 saturated carbocycles. The fourth-order valence-electron chi connectivity index (χ4n) is 3.33. The van der Waals surface area contributed by atoms with Crippen LogP contribution in [0.5, 0.6) is 0 Å². The van der Waals surface area contributed by atoms with Crippen molar-refractivity contribution in [3.63, 3.8) is 0 Å². The number of carbonyl (C=O) groups excluding carboxylic acids is 1. The molecule has 0 spiro atoms. The molecule has 0 aliphatic rings. The number of nitrogens with one attached hydrogen (secondary N) is 1. The van der Waals surface area contributed by atoms with E-state index in [0.717, 1.165) is 22.5 Å². The second-order valence-corrected chi connectivity index (χ2v) is 8.27. The number of halogens is 1. The molecular weight excluding hydrogens is 398 g/mol. The quantitative estimate of drug-likeness (QED) is 0.572. The maximum Gasteiger partial charge on any atom is 0.251 e. The third-order valence-electron chi connectivity index (χ3n) is 5.26. The van der Waals surface area contributed by atoms with Crippen molar-refractivity contribution in [1.82, 2.24) is 15.1 Å². The number of aromatic nitrogens is 2. The molecular formula is C24H28ClN3O2. The van der Waals surface area contributed by atoms with Crippen molar-refractivity contribution in [1.29, 1.82) is 0 Å². The Labute approximate surface area is 182 Å². The van der Waals surface area contributed by atoms with Crippen molar-refractivity contribution in [2.45, 2.75) is 46.3 Å². The average molecular weight is 426 g/mol. The number of hydrogen-bond acceptors (Lipinski definition) is 3. The van der Waals surface area contributed by atoms with Gasteiger partial charge in [-0.2, -0.15) is 5.10 Å². The minimum Gasteiger partial charge on any atom is -0.387 e. The molecule has 3 rings (SSSR count). The predicted octanol–water partition coefficient (Wildman–Crippen LogP) is 4.79. The molecule has 2 aromatic carbocycles. The zero-order chi connectivity index (χ0) is 21.8. The van der Waals surface area contributed by atoms with E-state index in [1.807, 2.05) is 61.0 Å². The first-order valence-electron chi connectivity index (χ1n) is 10.1. The lowest BCUT2D eigenvalue weighted by Gasteiger charge is -2.14. The minimum absolute atomic E-state index is 0.150. The first-order chi connectivity index (χ1) is 14.3. The van der Waals surface area contributed by atoms with Gasteiger partial charge >= 0.3 is 0 Å². The number of benzene rings is 2. The van der Waals surface area contributed by atoms with Crippen molar-refractivity contribution in [3.8, 4) is 0 Å². The molecule has 0 radical (unpaired) electrons. The van der Waals surface area contributed by atoms with Crippen LogP contribution in [0.15, 0.2) is 48.5 Å². The average Bonchev–Trinajstić information content (AvgIpc) is 2.98. The number of amides is 1. The second-order valence-electron chi connectivity index (χ2n) is 7.89. The number of carbonyl (C=O) groups is 1. The highest BCUT2D eigenvalue weighted by Gasteiger charge is 2.13. The van der Waals surface area contributed by atoms with Crippen molar-refractivity contribution >= 4 is 17.5 Å². The summed E-state index contributed by atoms with van der Waals surface area (Å²) >= 11 is 6.22. The standard InChI is InChI=1S/C24H28ClN3O2/c1-15(2)19-8-10-20(11-9-19)22(29)13-26-24(30)21-7-5-6-18(12-21)14-28-17(4)23(25)16(3)27-28/h5-12,15,22,29H,13-14H2,1-4H3,(H,26,30). The third-order valence-corrected chi connectivity index (χ3v) is 5.81. The highest BCUT2D eigenvalue weighted by molar-refractivity contribution is 6.31. The van der Waals surface area contributed by atoms with Crippen molar-refractivity contribution < 1.29 is 9.90 Å². The molecule has 1 aromatic heterocycles. The Hall–Kier alpha value is -2.63. The van der Waals surface area contributed by atoms with Crippen LogP contribution in [0.1, 0.15) is 64.3 Å². The van der Waals surface area contributed by atoms with E-state index in [0.29, 0.717) is 23.0 Å². The van der Waals surface area contributed by atoms with Crippen molar-refractivity contribution in [2.24, 2.45) is 0 Å². The molecule has 30 heavy (non-hydrogen) atoms. The molecule has 1 amide bonds. The summed E-state index contributed by atoms with van der Waals surface area (Å²) in [4.78, 5) is 12.6. The third kappa shape index (κ3) is 5.10. The van der Waals surface area contributed by atoms with Gasteiger partial charge in [0.05, 0.1) is 29.1 Å². The van der Waals surface area contributed by atoms with Gasteiger partial charge in [0.2, 0.25) is 0 Å². The summed E-state index contributed by atoms with van der Waals surface area (Å²) in [5, 5.41) is 18.3. The van der Waals surface area contributed by atoms with E-state index in [4.69, 9.17) is 11.6 Å². The molecule has 3 aromatic rings. The van der Waals surface area contributed by atoms with Gasteiger partial charge in [-0.1, -0.05) is 61.8 Å². The Morgan fingerprint density at radius 2 is 1.80 bits per heavy atom. The summed E-state index contributed by atoms with van der Waals surface area (Å²) in [6.45, 7) is 8.74. The number of aliphatic hydroxyl groups is 1. The summed E-state index contributed by atoms with van der Waals surface area (Å²) in [7, 11) is 0. The van der Waals surface area contributed by atoms with E-state index in [-0.39, 0.29) is 12.5 Å². The van der Waals surface area contributed by atoms with Gasteiger partial charge in [-0.25, -0.2) is 0 Å². The largest absolute Gasteiger partial charge is 0.387 e. The molecule has 158 valence electrons. The van der Waals surface area contributed by atoms with Crippen molar-refractivity contribution in [3.05, 3.63) is 87.2 Å². The Balaban J connectivity index is 1.62. The van der Waals surface area contributed by atoms with Gasteiger partial charge in [0.15, 0.2) is 0 Å². The topological polar surface area (TPSA) is 67.2 Å². The van der Waals surface area contributed by atoms with Crippen LogP contribution in [-0.2, 0) is 6.54 Å². The van der Waals surface area contributed by atoms with Crippen LogP contribution in [0.2, 0.25) is 5.02 Å². The van der Waals surface area contributed by atoms with E-state index >= 15 is 0 Å². The van der Waals surface area contributed by atoms with Gasteiger partial charge in [-0.3, -0.25) is 9.48 Å². The lowest BCUT2D eigenvalue weighted by Crippen LogP contribution is -2.28. The zero-order valence-corrected chi connectivity index (χ0v) is 18.6. The fourth-order valence-corrected chi connectivity index (χ4v) is 3.46. The molecule has 6 heteroatoms. The molecule has 0 fully saturated rings. The summed E-state index contributed by atoms with van der Waals surface area (Å²) in [6.07, 6.45) is -0.754. The van der Waals surface area contributed by atoms with Gasteiger partial charge in [0.25, 0.3) is 5.91 Å². The number of nitrogens with zero attached hydrogens (tertiary/aromatic N) is 2. The lowest BCUT2D eigenvalue weighted by molar-refractivity contribution is 0.0916. The Bertz CT molecular complexity index is 1030. The van der Waals surface area contributed by atoms with Crippen LogP contribution < -0.4 is 5.32 Å². The van der Waals surface area contributed by atoms with Gasteiger partial charge in [0.1, 0.15) is 0 Å². The molecule has 0 saturated heterocycles. The summed E-state index contributed by atoms with van der Waals surface area (Å²) in [5.74, 6) is 0.217. The SMILES string of the molecule is Cc1nn(Cc2cccc(C(=O)NCC(O)c3ccc(C(C)C)cc3)c2)c(C)c1Cl. The first-order valence-corrected chi connectivity index (χ1v) is 10.5. The zero-order valence-electron chi connectivity index (χ0n) is 17.8. The van der Waals surface area contributed by atoms with E-state index in [1.54, 1.807) is 6.07 Å². The number of aliphatic hydroxyl groups excluding tert-OH is 1. The van der Waals surface area contributed by atoms with Gasteiger partial charge < -0.3 is 10.4 Å². The monoisotopic (exact) mass is 425 g/mol. The molecule has 5 nitrogen and oxygen atoms in total. The van der Waals surface area contributed by atoms with Crippen molar-refractivity contribution in [2.75, 3.05) is 6.54 Å². The lowest BCUT2D eigenvalue weighted by atomic mass is 10.00. The minimum atomic E-state index is -0.754. The molecule has 1 unspecified atom stereocenters. The second kappa shape index (κ2) is 9.45. The molecule has 0 bridgehead atoms. The predicted molar refractivity (Wildman–Crippen MR) is 120 cm³/mol. The maximum absolute atomic E-state index is 12.6. The molecule has 1 atom stereocenters. The van der Waals surface area contributed by atoms with Gasteiger partial charge in [-0.05, 0) is 48.6 Å². The summed E-state index contributed by atoms with van der Waals surface area (Å²) in [5.41, 5.74) is 5.19. The molecule has 0 aliphatic carbocycles. The van der Waals surface area contributed by atoms with Crippen LogP contribution in [-0.4, -0.2) is 27.3 Å². The van der Waals surface area contributed by atoms with Crippen LogP contribution in [0.4, 0.5) is 0 Å². The highest BCUT2D eigenvalue weighted by Crippen LogP contribution is 2.21. The summed E-state index contributed by atoms with van der Waals surface area (Å²) < 4.78 is 1.83. The van der Waals surface area contributed by atoms with E-state index in [9.17, 15) is 9.90 Å². The Kier molecular flexibility index (Phi) is 6.95. The number of aryl methyl sites for hydroxylation is 1. The molecule has 1 heterocycles. The number of hydrogen-bond donors (Lipinski definition) is 2. The highest BCUT2D eigenvalue weighted by atomic mass is 35.5. The Morgan fingerprint density at radius 3 is 2.40 bits per heavy atom. The van der Waals surface area contributed by atoms with E-state index in [1.165, 1.54) is 5.56 Å². The molecule has 0 aliphatic heterocycles. The maximum atomic E-state index is 12.6. The van der Waals surface area contributed by atoms with Crippen LogP contribution in [0.25, 0.3) is 0 Å². The van der Waals surface area contributed by atoms with E-state index in [2.05, 4.69) is 24.3 Å². The summed E-state index contributed by atoms with van der Waals surface area (Å²) in [6, 6.07) is 15.2. The van der Waals surface area contributed by atoms with Crippen LogP contribution in [0.3, 0.4) is 0 Å². The number of rotatable bonds is 7. The normalized spacial score (nSPS) is 12.2. The fraction of sp³-hybridized carbons (Fsp3) is 0.333. The van der Waals surface area contributed by atoms with Gasteiger partial charge in [-0.15, -0.1) is 0 Å².